The Morgan fingerprint density at radius 3 is 2.22 bits per heavy atom. The van der Waals surface area contributed by atoms with E-state index in [-0.39, 0.29) is 17.5 Å². The summed E-state index contributed by atoms with van der Waals surface area (Å²) in [6.45, 7) is 10.5. The van der Waals surface area contributed by atoms with Crippen LogP contribution in [0.4, 0.5) is 5.69 Å². The summed E-state index contributed by atoms with van der Waals surface area (Å²) in [6, 6.07) is 18.0. The predicted molar refractivity (Wildman–Crippen MR) is 109 cm³/mol. The molecule has 0 saturated heterocycles. The number of benzene rings is 2. The molecule has 5 nitrogen and oxygen atoms in total. The van der Waals surface area contributed by atoms with E-state index in [1.165, 1.54) is 0 Å². The first-order chi connectivity index (χ1) is 12.8. The van der Waals surface area contributed by atoms with Gasteiger partial charge in [-0.25, -0.2) is 5.01 Å². The lowest BCUT2D eigenvalue weighted by molar-refractivity contribution is -0.112. The first-order valence-corrected chi connectivity index (χ1v) is 9.29. The van der Waals surface area contributed by atoms with Crippen LogP contribution >= 0.6 is 0 Å². The highest BCUT2D eigenvalue weighted by atomic mass is 16.5. The van der Waals surface area contributed by atoms with E-state index in [9.17, 15) is 4.79 Å². The normalized spacial score (nSPS) is 17.1. The number of nitrogens with zero attached hydrogens (tertiary/aromatic N) is 3. The molecule has 1 aliphatic heterocycles. The molecule has 0 radical (unpaired) electrons. The van der Waals surface area contributed by atoms with Gasteiger partial charge in [0.2, 0.25) is 0 Å². The minimum atomic E-state index is -0.280. The third kappa shape index (κ3) is 3.82. The molecule has 0 N–H and O–H groups in total. The Kier molecular flexibility index (Phi) is 5.22. The van der Waals surface area contributed by atoms with Gasteiger partial charge in [0.25, 0.3) is 0 Å². The number of carbonyl (C=O) groups is 1. The maximum Gasteiger partial charge on any atom is 0.196 e. The van der Waals surface area contributed by atoms with Gasteiger partial charge in [-0.2, -0.15) is 0 Å². The van der Waals surface area contributed by atoms with E-state index in [1.807, 2.05) is 66.5 Å². The SMILES string of the molecule is CCOc1ccc(C2N(c3ccccc3)N=C(C(C)=O)N2C(C)(C)C)cc1. The number of amidine groups is 1. The van der Waals surface area contributed by atoms with E-state index in [0.717, 1.165) is 17.0 Å². The minimum Gasteiger partial charge on any atom is -0.494 e. The van der Waals surface area contributed by atoms with Crippen molar-refractivity contribution in [2.24, 2.45) is 5.10 Å². The molecular formula is C22H27N3O2. The molecule has 1 atom stereocenters. The number of para-hydroxylation sites is 1. The zero-order valence-electron chi connectivity index (χ0n) is 16.6. The molecule has 1 aliphatic rings. The molecule has 3 rings (SSSR count). The molecule has 2 aromatic rings. The molecule has 1 heterocycles. The third-order valence-electron chi connectivity index (χ3n) is 4.45. The second-order valence-electron chi connectivity index (χ2n) is 7.58. The summed E-state index contributed by atoms with van der Waals surface area (Å²) in [5.74, 6) is 1.27. The van der Waals surface area contributed by atoms with Crippen molar-refractivity contribution >= 4 is 17.3 Å². The van der Waals surface area contributed by atoms with Gasteiger partial charge < -0.3 is 9.64 Å². The van der Waals surface area contributed by atoms with Crippen molar-refractivity contribution in [2.75, 3.05) is 11.6 Å². The maximum atomic E-state index is 12.4. The molecule has 0 fully saturated rings. The molecule has 0 spiro atoms. The summed E-state index contributed by atoms with van der Waals surface area (Å²) >= 11 is 0. The highest BCUT2D eigenvalue weighted by molar-refractivity contribution is 6.38. The number of anilines is 1. The average molecular weight is 365 g/mol. The van der Waals surface area contributed by atoms with Crippen molar-refractivity contribution in [2.45, 2.75) is 46.3 Å². The summed E-state index contributed by atoms with van der Waals surface area (Å²) in [5, 5.41) is 6.65. The maximum absolute atomic E-state index is 12.4. The Morgan fingerprint density at radius 1 is 1.07 bits per heavy atom. The molecule has 1 unspecified atom stereocenters. The molecule has 142 valence electrons. The Hall–Kier alpha value is -2.82. The van der Waals surface area contributed by atoms with Crippen LogP contribution in [0.2, 0.25) is 0 Å². The predicted octanol–water partition coefficient (Wildman–Crippen LogP) is 4.61. The second-order valence-corrected chi connectivity index (χ2v) is 7.58. The fourth-order valence-corrected chi connectivity index (χ4v) is 3.33. The van der Waals surface area contributed by atoms with Gasteiger partial charge in [-0.05, 0) is 57.5 Å². The summed E-state index contributed by atoms with van der Waals surface area (Å²) in [4.78, 5) is 14.5. The third-order valence-corrected chi connectivity index (χ3v) is 4.45. The molecular weight excluding hydrogens is 338 g/mol. The van der Waals surface area contributed by atoms with Gasteiger partial charge >= 0.3 is 0 Å². The van der Waals surface area contributed by atoms with Crippen LogP contribution in [0.3, 0.4) is 0 Å². The van der Waals surface area contributed by atoms with Crippen molar-refractivity contribution in [3.8, 4) is 5.75 Å². The van der Waals surface area contributed by atoms with Crippen molar-refractivity contribution < 1.29 is 9.53 Å². The lowest BCUT2D eigenvalue weighted by Crippen LogP contribution is -2.49. The van der Waals surface area contributed by atoms with E-state index >= 15 is 0 Å². The number of rotatable bonds is 5. The van der Waals surface area contributed by atoms with Gasteiger partial charge in [0, 0.05) is 12.5 Å². The molecule has 0 saturated carbocycles. The van der Waals surface area contributed by atoms with Gasteiger partial charge in [0.15, 0.2) is 17.8 Å². The van der Waals surface area contributed by atoms with Crippen LogP contribution in [0.25, 0.3) is 0 Å². The standard InChI is InChI=1S/C22H27N3O2/c1-6-27-19-14-12-17(13-15-19)21-24(22(3,4)5)20(16(2)26)23-25(21)18-10-8-7-9-11-18/h7-15,21H,6H2,1-5H3. The van der Waals surface area contributed by atoms with E-state index < -0.39 is 0 Å². The minimum absolute atomic E-state index is 0.0423. The number of ketones is 1. The lowest BCUT2D eigenvalue weighted by Gasteiger charge is -2.40. The van der Waals surface area contributed by atoms with Crippen LogP contribution in [-0.2, 0) is 4.79 Å². The van der Waals surface area contributed by atoms with Gasteiger partial charge in [-0.15, -0.1) is 5.10 Å². The average Bonchev–Trinajstić information content (AvgIpc) is 3.05. The van der Waals surface area contributed by atoms with E-state index in [4.69, 9.17) is 9.84 Å². The smallest absolute Gasteiger partial charge is 0.196 e. The van der Waals surface area contributed by atoms with Crippen LogP contribution in [0, 0.1) is 0 Å². The largest absolute Gasteiger partial charge is 0.494 e. The summed E-state index contributed by atoms with van der Waals surface area (Å²) in [7, 11) is 0. The topological polar surface area (TPSA) is 45.1 Å². The number of hydrazone groups is 1. The lowest BCUT2D eigenvalue weighted by atomic mass is 10.0. The van der Waals surface area contributed by atoms with Crippen molar-refractivity contribution in [1.82, 2.24) is 4.90 Å². The quantitative estimate of drug-likeness (QED) is 0.776. The number of hydrogen-bond donors (Lipinski definition) is 0. The van der Waals surface area contributed by atoms with E-state index in [2.05, 4.69) is 25.7 Å². The summed E-state index contributed by atoms with van der Waals surface area (Å²) in [5.41, 5.74) is 1.72. The Bertz CT molecular complexity index is 823. The fourth-order valence-electron chi connectivity index (χ4n) is 3.33. The molecule has 0 aromatic heterocycles. The zero-order valence-corrected chi connectivity index (χ0v) is 16.6. The fraction of sp³-hybridized carbons (Fsp3) is 0.364. The summed E-state index contributed by atoms with van der Waals surface area (Å²) < 4.78 is 5.58. The van der Waals surface area contributed by atoms with Crippen molar-refractivity contribution in [3.05, 3.63) is 60.2 Å². The molecule has 0 aliphatic carbocycles. The first kappa shape index (κ1) is 19.0. The van der Waals surface area contributed by atoms with Crippen LogP contribution in [0.1, 0.15) is 46.3 Å². The van der Waals surface area contributed by atoms with Gasteiger partial charge in [0.05, 0.1) is 12.3 Å². The number of carbonyl (C=O) groups excluding carboxylic acids is 1. The Balaban J connectivity index is 2.10. The highest BCUT2D eigenvalue weighted by Gasteiger charge is 2.43. The number of ether oxygens (including phenoxy) is 1. The number of Topliss-reactive ketones (excluding diaryl/α,β-unsaturated/α-hetero) is 1. The van der Waals surface area contributed by atoms with Crippen LogP contribution in [0.5, 0.6) is 5.75 Å². The van der Waals surface area contributed by atoms with E-state index in [1.54, 1.807) is 6.92 Å². The Labute approximate surface area is 161 Å². The molecule has 5 heteroatoms. The molecule has 27 heavy (non-hydrogen) atoms. The second kappa shape index (κ2) is 7.43. The van der Waals surface area contributed by atoms with Gasteiger partial charge in [0.1, 0.15) is 5.75 Å². The van der Waals surface area contributed by atoms with Gasteiger partial charge in [-0.3, -0.25) is 4.79 Å². The summed E-state index contributed by atoms with van der Waals surface area (Å²) in [6.07, 6.45) is -0.207. The number of hydrogen-bond acceptors (Lipinski definition) is 5. The molecule has 2 aromatic carbocycles. The van der Waals surface area contributed by atoms with Crippen molar-refractivity contribution in [1.29, 1.82) is 0 Å². The van der Waals surface area contributed by atoms with Crippen LogP contribution < -0.4 is 9.75 Å². The van der Waals surface area contributed by atoms with Crippen LogP contribution in [-0.4, -0.2) is 28.7 Å². The Morgan fingerprint density at radius 2 is 1.70 bits per heavy atom. The van der Waals surface area contributed by atoms with Crippen LogP contribution in [0.15, 0.2) is 59.7 Å². The molecule has 0 amide bonds. The molecule has 0 bridgehead atoms. The monoisotopic (exact) mass is 365 g/mol. The van der Waals surface area contributed by atoms with E-state index in [0.29, 0.717) is 12.4 Å². The zero-order chi connectivity index (χ0) is 19.6. The van der Waals surface area contributed by atoms with Crippen molar-refractivity contribution in [3.63, 3.8) is 0 Å². The highest BCUT2D eigenvalue weighted by Crippen LogP contribution is 2.40. The first-order valence-electron chi connectivity index (χ1n) is 9.29. The van der Waals surface area contributed by atoms with Gasteiger partial charge in [-0.1, -0.05) is 30.3 Å².